The van der Waals surface area contributed by atoms with Gasteiger partial charge in [-0.15, -0.1) is 0 Å². The van der Waals surface area contributed by atoms with Crippen molar-refractivity contribution in [3.63, 3.8) is 0 Å². The third kappa shape index (κ3) is 6.74. The molecule has 0 N–H and O–H groups in total. The quantitative estimate of drug-likeness (QED) is 0.459. The van der Waals surface area contributed by atoms with Gasteiger partial charge < -0.3 is 0 Å². The van der Waals surface area contributed by atoms with Crippen LogP contribution in [-0.4, -0.2) is 26.4 Å². The van der Waals surface area contributed by atoms with Gasteiger partial charge in [0.2, 0.25) is 0 Å². The monoisotopic (exact) mass is 305 g/mol. The second kappa shape index (κ2) is 9.88. The van der Waals surface area contributed by atoms with Crippen LogP contribution in [0, 0.1) is 0 Å². The van der Waals surface area contributed by atoms with Gasteiger partial charge in [-0.2, -0.15) is 0 Å². The van der Waals surface area contributed by atoms with Gasteiger partial charge in [-0.1, -0.05) is 0 Å². The van der Waals surface area contributed by atoms with Crippen molar-refractivity contribution < 1.29 is 4.74 Å². The van der Waals surface area contributed by atoms with Crippen LogP contribution >= 0.6 is 0 Å². The Hall–Kier alpha value is 0.339. The fourth-order valence-corrected chi connectivity index (χ4v) is 9.21. The van der Waals surface area contributed by atoms with E-state index in [4.69, 9.17) is 4.74 Å². The molecule has 0 atom stereocenters. The predicted molar refractivity (Wildman–Crippen MR) is 66.0 cm³/mol. The van der Waals surface area contributed by atoms with E-state index in [1.807, 2.05) is 0 Å². The predicted octanol–water partition coefficient (Wildman–Crippen LogP) is 4.17. The Bertz CT molecular complexity index is 137. The molecular weight excluding hydrogens is 279 g/mol. The maximum atomic E-state index is 5.59. The first kappa shape index (κ1) is 14.3. The van der Waals surface area contributed by atoms with Gasteiger partial charge in [0.1, 0.15) is 0 Å². The maximum absolute atomic E-state index is 5.59. The van der Waals surface area contributed by atoms with Crippen molar-refractivity contribution in [2.75, 3.05) is 6.61 Å². The van der Waals surface area contributed by atoms with Crippen LogP contribution in [-0.2, 0) is 4.74 Å². The van der Waals surface area contributed by atoms with Crippen LogP contribution in [0.1, 0.15) is 46.5 Å². The minimum absolute atomic E-state index is 0.807. The second-order valence-corrected chi connectivity index (χ2v) is 11.6. The van der Waals surface area contributed by atoms with Gasteiger partial charge >= 0.3 is 96.8 Å². The van der Waals surface area contributed by atoms with E-state index in [9.17, 15) is 0 Å². The Morgan fingerprint density at radius 2 is 1.57 bits per heavy atom. The molecule has 0 aromatic heterocycles. The van der Waals surface area contributed by atoms with Crippen LogP contribution in [0.25, 0.3) is 0 Å². The van der Waals surface area contributed by atoms with Crippen molar-refractivity contribution in [1.29, 1.82) is 0 Å². The molecule has 0 aromatic carbocycles. The summed E-state index contributed by atoms with van der Waals surface area (Å²) >= 11 is -1.38. The van der Waals surface area contributed by atoms with E-state index >= 15 is 0 Å². The molecule has 0 amide bonds. The molecule has 0 heterocycles. The van der Waals surface area contributed by atoms with Crippen LogP contribution in [0.5, 0.6) is 0 Å². The summed E-state index contributed by atoms with van der Waals surface area (Å²) in [4.78, 5) is 0. The van der Waals surface area contributed by atoms with Gasteiger partial charge in [0, 0.05) is 0 Å². The van der Waals surface area contributed by atoms with Crippen molar-refractivity contribution in [3.8, 4) is 0 Å². The van der Waals surface area contributed by atoms with Crippen molar-refractivity contribution in [1.82, 2.24) is 0 Å². The molecule has 0 aliphatic heterocycles. The van der Waals surface area contributed by atoms with Crippen LogP contribution in [0.4, 0.5) is 0 Å². The number of rotatable bonds is 9. The number of ether oxygens (including phenoxy) is 1. The van der Waals surface area contributed by atoms with Gasteiger partial charge in [0.05, 0.1) is 0 Å². The van der Waals surface area contributed by atoms with Crippen molar-refractivity contribution in [3.05, 3.63) is 10.4 Å². The van der Waals surface area contributed by atoms with E-state index in [-0.39, 0.29) is 0 Å². The van der Waals surface area contributed by atoms with Crippen LogP contribution in [0.3, 0.4) is 0 Å². The van der Waals surface area contributed by atoms with E-state index in [1.54, 1.807) is 0 Å². The average Bonchev–Trinajstić information content (AvgIpc) is 2.18. The molecule has 14 heavy (non-hydrogen) atoms. The van der Waals surface area contributed by atoms with E-state index in [1.165, 1.54) is 38.3 Å². The molecule has 0 aliphatic rings. The minimum atomic E-state index is -1.38. The number of hydrogen-bond donors (Lipinski definition) is 0. The van der Waals surface area contributed by atoms with Crippen LogP contribution in [0.15, 0.2) is 10.4 Å². The molecule has 0 fully saturated rings. The fraction of sp³-hybridized carbons (Fsp3) is 0.833. The third-order valence-electron chi connectivity index (χ3n) is 2.38. The Labute approximate surface area is 96.7 Å². The molecule has 0 saturated heterocycles. The molecule has 1 radical (unpaired) electrons. The summed E-state index contributed by atoms with van der Waals surface area (Å²) in [5.74, 6) is 0. The van der Waals surface area contributed by atoms with Crippen LogP contribution < -0.4 is 0 Å². The van der Waals surface area contributed by atoms with E-state index in [2.05, 4.69) is 27.4 Å². The molecule has 83 valence electrons. The standard InChI is InChI=1S/C4H7O.2C4H9.Sn/c1-3-5-4-2;2*1-3-4-2;/h1,4H2,2H3;2*1,3-4H2,2H3;. The van der Waals surface area contributed by atoms with Crippen molar-refractivity contribution in [2.45, 2.75) is 55.3 Å². The first-order valence-electron chi connectivity index (χ1n) is 5.92. The zero-order valence-corrected chi connectivity index (χ0v) is 12.9. The first-order valence-corrected chi connectivity index (χ1v) is 11.4. The Morgan fingerprint density at radius 1 is 1.07 bits per heavy atom. The molecule has 0 rings (SSSR count). The molecule has 2 heteroatoms. The molecule has 1 nitrogen and oxygen atoms in total. The molecular formula is C12H25OSn. The molecule has 0 spiro atoms. The Kier molecular flexibility index (Phi) is 10.1. The zero-order chi connectivity index (χ0) is 10.8. The number of unbranched alkanes of at least 4 members (excludes halogenated alkanes) is 2. The van der Waals surface area contributed by atoms with Gasteiger partial charge in [-0.05, 0) is 0 Å². The Morgan fingerprint density at radius 3 is 1.93 bits per heavy atom. The van der Waals surface area contributed by atoms with E-state index in [0.717, 1.165) is 6.61 Å². The normalized spacial score (nSPS) is 10.6. The number of hydrogen-bond acceptors (Lipinski definition) is 1. The summed E-state index contributed by atoms with van der Waals surface area (Å²) in [6.07, 6.45) is 5.39. The molecule has 0 aromatic rings. The summed E-state index contributed by atoms with van der Waals surface area (Å²) in [7, 11) is 0. The summed E-state index contributed by atoms with van der Waals surface area (Å²) in [6, 6.07) is 0. The first-order chi connectivity index (χ1) is 6.76. The summed E-state index contributed by atoms with van der Waals surface area (Å²) in [5.41, 5.74) is 0. The fourth-order valence-electron chi connectivity index (χ4n) is 1.46. The molecule has 0 saturated carbocycles. The van der Waals surface area contributed by atoms with Gasteiger partial charge in [0.15, 0.2) is 0 Å². The van der Waals surface area contributed by atoms with Crippen molar-refractivity contribution in [2.24, 2.45) is 0 Å². The van der Waals surface area contributed by atoms with E-state index < -0.39 is 19.8 Å². The van der Waals surface area contributed by atoms with Gasteiger partial charge in [-0.3, -0.25) is 0 Å². The van der Waals surface area contributed by atoms with Gasteiger partial charge in [0.25, 0.3) is 0 Å². The Balaban J connectivity index is 3.88. The topological polar surface area (TPSA) is 9.23 Å². The zero-order valence-electron chi connectivity index (χ0n) is 10.1. The average molecular weight is 304 g/mol. The van der Waals surface area contributed by atoms with Crippen molar-refractivity contribution >= 4 is 19.8 Å². The molecule has 0 aliphatic carbocycles. The molecule has 0 unspecified atom stereocenters. The summed E-state index contributed by atoms with van der Waals surface area (Å²) in [6.45, 7) is 11.5. The van der Waals surface area contributed by atoms with Crippen LogP contribution in [0.2, 0.25) is 8.87 Å². The summed E-state index contributed by atoms with van der Waals surface area (Å²) < 4.78 is 9.68. The second-order valence-electron chi connectivity index (χ2n) is 3.67. The SMILES string of the molecule is C=[C](OCC)[Sn]([CH2]CCC)[CH2]CCC. The summed E-state index contributed by atoms with van der Waals surface area (Å²) in [5, 5.41) is 0. The molecule has 0 bridgehead atoms. The third-order valence-corrected chi connectivity index (χ3v) is 10.5. The van der Waals surface area contributed by atoms with Gasteiger partial charge in [-0.25, -0.2) is 0 Å². The van der Waals surface area contributed by atoms with E-state index in [0.29, 0.717) is 0 Å².